The Kier molecular flexibility index (Phi) is 7.25. The van der Waals surface area contributed by atoms with E-state index >= 15 is 0 Å². The Morgan fingerprint density at radius 2 is 1.68 bits per heavy atom. The summed E-state index contributed by atoms with van der Waals surface area (Å²) in [5, 5.41) is 7.92. The molecule has 0 saturated carbocycles. The molecule has 0 aromatic heterocycles. The van der Waals surface area contributed by atoms with Crippen molar-refractivity contribution < 1.29 is 9.59 Å². The monoisotopic (exact) mass is 397 g/mol. The molecule has 0 unspecified atom stereocenters. The van der Waals surface area contributed by atoms with Crippen LogP contribution in [-0.4, -0.2) is 18.0 Å². The third kappa shape index (κ3) is 6.74. The molecule has 0 saturated heterocycles. The summed E-state index contributed by atoms with van der Waals surface area (Å²) >= 11 is 17.6. The maximum atomic E-state index is 11.8. The molecule has 2 rings (SSSR count). The number of nitrogens with zero attached hydrogens (tertiary/aromatic N) is 1. The van der Waals surface area contributed by atoms with Gasteiger partial charge >= 0.3 is 0 Å². The van der Waals surface area contributed by atoms with E-state index in [0.29, 0.717) is 26.3 Å². The minimum absolute atomic E-state index is 0.00190. The number of benzene rings is 2. The first-order valence-corrected chi connectivity index (χ1v) is 8.40. The second kappa shape index (κ2) is 9.42. The lowest BCUT2D eigenvalue weighted by Crippen LogP contribution is -2.20. The maximum Gasteiger partial charge on any atom is 0.240 e. The highest BCUT2D eigenvalue weighted by atomic mass is 35.5. The van der Waals surface area contributed by atoms with E-state index in [-0.39, 0.29) is 24.7 Å². The second-order valence-electron chi connectivity index (χ2n) is 5.02. The third-order valence-electron chi connectivity index (χ3n) is 3.04. The van der Waals surface area contributed by atoms with Crippen molar-refractivity contribution in [2.45, 2.75) is 12.8 Å². The van der Waals surface area contributed by atoms with E-state index in [4.69, 9.17) is 34.8 Å². The fourth-order valence-electron chi connectivity index (χ4n) is 1.85. The summed E-state index contributed by atoms with van der Waals surface area (Å²) in [6, 6.07) is 11.7. The number of carbonyl (C=O) groups is 2. The van der Waals surface area contributed by atoms with E-state index in [9.17, 15) is 9.59 Å². The van der Waals surface area contributed by atoms with Gasteiger partial charge in [-0.05, 0) is 30.3 Å². The number of halogens is 3. The Morgan fingerprint density at radius 1 is 0.960 bits per heavy atom. The molecule has 5 nitrogen and oxygen atoms in total. The predicted molar refractivity (Wildman–Crippen MR) is 102 cm³/mol. The summed E-state index contributed by atoms with van der Waals surface area (Å²) in [6.07, 6.45) is 1.43. The van der Waals surface area contributed by atoms with Crippen molar-refractivity contribution in [2.24, 2.45) is 5.10 Å². The molecule has 0 aliphatic rings. The van der Waals surface area contributed by atoms with Crippen LogP contribution in [0.4, 0.5) is 5.69 Å². The van der Waals surface area contributed by atoms with Gasteiger partial charge in [0.1, 0.15) is 0 Å². The van der Waals surface area contributed by atoms with Crippen molar-refractivity contribution in [1.29, 1.82) is 0 Å². The van der Waals surface area contributed by atoms with E-state index in [2.05, 4.69) is 15.8 Å². The van der Waals surface area contributed by atoms with Crippen molar-refractivity contribution in [3.8, 4) is 0 Å². The molecule has 0 fully saturated rings. The summed E-state index contributed by atoms with van der Waals surface area (Å²) in [4.78, 5) is 23.5. The first kappa shape index (κ1) is 19.2. The number of amides is 2. The molecule has 25 heavy (non-hydrogen) atoms. The van der Waals surface area contributed by atoms with Gasteiger partial charge in [0.05, 0.1) is 11.2 Å². The van der Waals surface area contributed by atoms with Crippen LogP contribution in [0.15, 0.2) is 47.6 Å². The quantitative estimate of drug-likeness (QED) is 0.555. The lowest BCUT2D eigenvalue weighted by molar-refractivity contribution is -0.124. The zero-order valence-corrected chi connectivity index (χ0v) is 15.2. The number of carbonyl (C=O) groups excluding carboxylic acids is 2. The van der Waals surface area contributed by atoms with Crippen LogP contribution in [0.25, 0.3) is 0 Å². The number of nitrogens with one attached hydrogen (secondary N) is 2. The van der Waals surface area contributed by atoms with Crippen molar-refractivity contribution in [3.63, 3.8) is 0 Å². The lowest BCUT2D eigenvalue weighted by atomic mass is 10.2. The van der Waals surface area contributed by atoms with Crippen LogP contribution in [0, 0.1) is 0 Å². The van der Waals surface area contributed by atoms with Crippen molar-refractivity contribution >= 4 is 58.5 Å². The summed E-state index contributed by atoms with van der Waals surface area (Å²) < 4.78 is 0. The van der Waals surface area contributed by atoms with Gasteiger partial charge < -0.3 is 5.32 Å². The van der Waals surface area contributed by atoms with E-state index in [0.717, 1.165) is 0 Å². The molecule has 2 N–H and O–H groups in total. The molecule has 2 aromatic rings. The van der Waals surface area contributed by atoms with E-state index in [1.807, 2.05) is 0 Å². The molecule has 0 radical (unpaired) electrons. The highest BCUT2D eigenvalue weighted by Crippen LogP contribution is 2.19. The molecule has 130 valence electrons. The molecule has 8 heteroatoms. The first-order chi connectivity index (χ1) is 11.9. The van der Waals surface area contributed by atoms with Crippen LogP contribution in [0.3, 0.4) is 0 Å². The Hall–Kier alpha value is -2.08. The fraction of sp³-hybridized carbons (Fsp3) is 0.118. The largest absolute Gasteiger partial charge is 0.326 e. The Bertz CT molecular complexity index is 809. The summed E-state index contributed by atoms with van der Waals surface area (Å²) in [7, 11) is 0. The predicted octanol–water partition coefficient (Wildman–Crippen LogP) is 4.52. The van der Waals surface area contributed by atoms with E-state index < -0.39 is 0 Å². The molecule has 0 aliphatic heterocycles. The Balaban J connectivity index is 1.76. The van der Waals surface area contributed by atoms with Gasteiger partial charge in [-0.3, -0.25) is 9.59 Å². The zero-order valence-electron chi connectivity index (χ0n) is 12.9. The summed E-state index contributed by atoms with van der Waals surface area (Å²) in [6.45, 7) is 0. The minimum atomic E-state index is -0.386. The minimum Gasteiger partial charge on any atom is -0.326 e. The molecule has 2 aromatic carbocycles. The average molecular weight is 399 g/mol. The number of hydrogen-bond acceptors (Lipinski definition) is 3. The molecular formula is C17H14Cl3N3O2. The smallest absolute Gasteiger partial charge is 0.240 e. The topological polar surface area (TPSA) is 70.6 Å². The maximum absolute atomic E-state index is 11.8. The van der Waals surface area contributed by atoms with Crippen molar-refractivity contribution in [1.82, 2.24) is 5.43 Å². The van der Waals surface area contributed by atoms with Gasteiger partial charge in [0, 0.05) is 34.1 Å². The van der Waals surface area contributed by atoms with E-state index in [1.54, 1.807) is 42.5 Å². The van der Waals surface area contributed by atoms with Gasteiger partial charge in [-0.25, -0.2) is 5.43 Å². The van der Waals surface area contributed by atoms with Gasteiger partial charge in [0.25, 0.3) is 0 Å². The van der Waals surface area contributed by atoms with Gasteiger partial charge in [-0.2, -0.15) is 5.10 Å². The molecule has 2 amide bonds. The van der Waals surface area contributed by atoms with Gasteiger partial charge in [-0.1, -0.05) is 46.9 Å². The standard InChI is InChI=1S/C17H14Cl3N3O2/c18-12-2-1-3-14(8-12)22-16(24)6-7-17(25)23-21-10-11-4-5-13(19)9-15(11)20/h1-5,8-10H,6-7H2,(H,22,24)(H,23,25)/b21-10+. The first-order valence-electron chi connectivity index (χ1n) is 7.26. The summed E-state index contributed by atoms with van der Waals surface area (Å²) in [5.74, 6) is -0.676. The zero-order chi connectivity index (χ0) is 18.2. The SMILES string of the molecule is O=C(CCC(=O)Nc1cccc(Cl)c1)N/N=C/c1ccc(Cl)cc1Cl. The van der Waals surface area contributed by atoms with Crippen LogP contribution in [0.2, 0.25) is 15.1 Å². The van der Waals surface area contributed by atoms with Crippen molar-refractivity contribution in [2.75, 3.05) is 5.32 Å². The van der Waals surface area contributed by atoms with Crippen LogP contribution < -0.4 is 10.7 Å². The summed E-state index contributed by atoms with van der Waals surface area (Å²) in [5.41, 5.74) is 3.53. The number of hydrogen-bond donors (Lipinski definition) is 2. The number of hydrazone groups is 1. The van der Waals surface area contributed by atoms with Crippen LogP contribution in [-0.2, 0) is 9.59 Å². The fourth-order valence-corrected chi connectivity index (χ4v) is 2.50. The average Bonchev–Trinajstić information content (AvgIpc) is 2.55. The molecule has 0 heterocycles. The number of anilines is 1. The molecular weight excluding hydrogens is 385 g/mol. The molecule has 0 bridgehead atoms. The molecule has 0 atom stereocenters. The van der Waals surface area contributed by atoms with E-state index in [1.165, 1.54) is 6.21 Å². The third-order valence-corrected chi connectivity index (χ3v) is 3.84. The Morgan fingerprint density at radius 3 is 2.40 bits per heavy atom. The normalized spacial score (nSPS) is 10.7. The van der Waals surface area contributed by atoms with Gasteiger partial charge in [-0.15, -0.1) is 0 Å². The van der Waals surface area contributed by atoms with Crippen LogP contribution >= 0.6 is 34.8 Å². The van der Waals surface area contributed by atoms with Gasteiger partial charge in [0.15, 0.2) is 0 Å². The van der Waals surface area contributed by atoms with Crippen LogP contribution in [0.1, 0.15) is 18.4 Å². The lowest BCUT2D eigenvalue weighted by Gasteiger charge is -2.05. The molecule has 0 aliphatic carbocycles. The van der Waals surface area contributed by atoms with Crippen molar-refractivity contribution in [3.05, 3.63) is 63.1 Å². The Labute approximate surface area is 160 Å². The number of rotatable bonds is 6. The highest BCUT2D eigenvalue weighted by Gasteiger charge is 2.07. The van der Waals surface area contributed by atoms with Gasteiger partial charge in [0.2, 0.25) is 11.8 Å². The molecule has 0 spiro atoms. The highest BCUT2D eigenvalue weighted by molar-refractivity contribution is 6.36. The second-order valence-corrected chi connectivity index (χ2v) is 6.30. The van der Waals surface area contributed by atoms with Crippen LogP contribution in [0.5, 0.6) is 0 Å².